The van der Waals surface area contributed by atoms with E-state index in [2.05, 4.69) is 39.6 Å². The van der Waals surface area contributed by atoms with Gasteiger partial charge in [0.25, 0.3) is 0 Å². The minimum Gasteiger partial charge on any atom is -0.444 e. The van der Waals surface area contributed by atoms with Gasteiger partial charge in [-0.25, -0.2) is 4.79 Å². The number of amides is 1. The Morgan fingerprint density at radius 3 is 2.57 bits per heavy atom. The standard InChI is InChI=1S/C17H21BrN2O2S/c1-11-15(18)9-14(23-11)10-19-12-6-5-7-13(8-12)20-16(21)22-17(2,3)4/h5-9,19H,10H2,1-4H3,(H,20,21). The average molecular weight is 397 g/mol. The molecular formula is C17H21BrN2O2S. The Kier molecular flexibility index (Phi) is 5.70. The van der Waals surface area contributed by atoms with Crippen LogP contribution in [-0.4, -0.2) is 11.7 Å². The van der Waals surface area contributed by atoms with Gasteiger partial charge in [-0.15, -0.1) is 11.3 Å². The van der Waals surface area contributed by atoms with Gasteiger partial charge < -0.3 is 10.1 Å². The van der Waals surface area contributed by atoms with Crippen molar-refractivity contribution in [3.63, 3.8) is 0 Å². The van der Waals surface area contributed by atoms with Crippen molar-refractivity contribution in [1.82, 2.24) is 0 Å². The molecule has 6 heteroatoms. The third-order valence-electron chi connectivity index (χ3n) is 2.88. The molecule has 2 N–H and O–H groups in total. The van der Waals surface area contributed by atoms with Crippen LogP contribution in [0.5, 0.6) is 0 Å². The maximum Gasteiger partial charge on any atom is 0.412 e. The number of rotatable bonds is 4. The molecule has 1 aromatic heterocycles. The molecule has 23 heavy (non-hydrogen) atoms. The summed E-state index contributed by atoms with van der Waals surface area (Å²) in [6, 6.07) is 9.70. The molecule has 1 amide bonds. The lowest BCUT2D eigenvalue weighted by Crippen LogP contribution is -2.27. The molecule has 0 spiro atoms. The van der Waals surface area contributed by atoms with Crippen molar-refractivity contribution in [3.8, 4) is 0 Å². The number of hydrogen-bond acceptors (Lipinski definition) is 4. The van der Waals surface area contributed by atoms with E-state index in [9.17, 15) is 4.79 Å². The molecule has 0 radical (unpaired) electrons. The van der Waals surface area contributed by atoms with Gasteiger partial charge in [0.05, 0.1) is 0 Å². The quantitative estimate of drug-likeness (QED) is 0.688. The van der Waals surface area contributed by atoms with Gasteiger partial charge in [-0.3, -0.25) is 5.32 Å². The zero-order chi connectivity index (χ0) is 17.0. The first-order chi connectivity index (χ1) is 10.7. The van der Waals surface area contributed by atoms with E-state index < -0.39 is 11.7 Å². The van der Waals surface area contributed by atoms with Gasteiger partial charge in [0.1, 0.15) is 5.60 Å². The van der Waals surface area contributed by atoms with Crippen molar-refractivity contribution in [2.24, 2.45) is 0 Å². The fourth-order valence-electron chi connectivity index (χ4n) is 1.92. The molecule has 0 fully saturated rings. The summed E-state index contributed by atoms with van der Waals surface area (Å²) in [6.07, 6.45) is -0.451. The van der Waals surface area contributed by atoms with Crippen LogP contribution in [-0.2, 0) is 11.3 Å². The highest BCUT2D eigenvalue weighted by Gasteiger charge is 2.16. The second-order valence-electron chi connectivity index (χ2n) is 6.18. The summed E-state index contributed by atoms with van der Waals surface area (Å²) in [4.78, 5) is 14.3. The smallest absolute Gasteiger partial charge is 0.412 e. The molecule has 0 atom stereocenters. The summed E-state index contributed by atoms with van der Waals surface area (Å²) < 4.78 is 6.39. The van der Waals surface area contributed by atoms with Gasteiger partial charge >= 0.3 is 6.09 Å². The van der Waals surface area contributed by atoms with E-state index in [-0.39, 0.29) is 0 Å². The van der Waals surface area contributed by atoms with E-state index in [4.69, 9.17) is 4.74 Å². The maximum absolute atomic E-state index is 11.8. The van der Waals surface area contributed by atoms with Crippen LogP contribution in [0.15, 0.2) is 34.8 Å². The molecule has 1 heterocycles. The molecule has 2 aromatic rings. The number of nitrogens with one attached hydrogen (secondary N) is 2. The highest BCUT2D eigenvalue weighted by molar-refractivity contribution is 9.10. The number of carbonyl (C=O) groups is 1. The molecule has 0 aliphatic rings. The summed E-state index contributed by atoms with van der Waals surface area (Å²) in [6.45, 7) is 8.35. The van der Waals surface area contributed by atoms with Crippen LogP contribution in [0.2, 0.25) is 0 Å². The van der Waals surface area contributed by atoms with Crippen molar-refractivity contribution in [1.29, 1.82) is 0 Å². The molecule has 1 aromatic carbocycles. The minimum absolute atomic E-state index is 0.451. The average Bonchev–Trinajstić information content (AvgIpc) is 2.74. The zero-order valence-electron chi connectivity index (χ0n) is 13.7. The van der Waals surface area contributed by atoms with E-state index in [1.807, 2.05) is 45.0 Å². The van der Waals surface area contributed by atoms with E-state index >= 15 is 0 Å². The highest BCUT2D eigenvalue weighted by atomic mass is 79.9. The first kappa shape index (κ1) is 17.8. The number of ether oxygens (including phenoxy) is 1. The highest BCUT2D eigenvalue weighted by Crippen LogP contribution is 2.27. The SMILES string of the molecule is Cc1sc(CNc2cccc(NC(=O)OC(C)(C)C)c2)cc1Br. The Labute approximate surface area is 149 Å². The van der Waals surface area contributed by atoms with Crippen LogP contribution in [0.4, 0.5) is 16.2 Å². The molecule has 124 valence electrons. The minimum atomic E-state index is -0.510. The molecule has 0 bridgehead atoms. The van der Waals surface area contributed by atoms with Crippen molar-refractivity contribution in [2.45, 2.75) is 39.8 Å². The first-order valence-corrected chi connectivity index (χ1v) is 8.92. The lowest BCUT2D eigenvalue weighted by Gasteiger charge is -2.19. The maximum atomic E-state index is 11.8. The van der Waals surface area contributed by atoms with Crippen molar-refractivity contribution in [2.75, 3.05) is 10.6 Å². The van der Waals surface area contributed by atoms with Crippen LogP contribution in [0.3, 0.4) is 0 Å². The van der Waals surface area contributed by atoms with Crippen LogP contribution in [0.1, 0.15) is 30.5 Å². The fraction of sp³-hybridized carbons (Fsp3) is 0.353. The van der Waals surface area contributed by atoms with E-state index in [0.717, 1.165) is 16.7 Å². The van der Waals surface area contributed by atoms with Gasteiger partial charge in [0, 0.05) is 32.1 Å². The molecule has 0 saturated carbocycles. The summed E-state index contributed by atoms with van der Waals surface area (Å²) in [5.74, 6) is 0. The summed E-state index contributed by atoms with van der Waals surface area (Å²) >= 11 is 5.28. The number of hydrogen-bond donors (Lipinski definition) is 2. The molecule has 4 nitrogen and oxygen atoms in total. The number of anilines is 2. The first-order valence-electron chi connectivity index (χ1n) is 7.32. The van der Waals surface area contributed by atoms with Crippen molar-refractivity contribution < 1.29 is 9.53 Å². The van der Waals surface area contributed by atoms with Gasteiger partial charge in [-0.2, -0.15) is 0 Å². The molecule has 0 saturated heterocycles. The summed E-state index contributed by atoms with van der Waals surface area (Å²) in [5.41, 5.74) is 1.14. The zero-order valence-corrected chi connectivity index (χ0v) is 16.1. The van der Waals surface area contributed by atoms with Gasteiger partial charge in [-0.1, -0.05) is 6.07 Å². The van der Waals surface area contributed by atoms with Crippen LogP contribution >= 0.6 is 27.3 Å². The van der Waals surface area contributed by atoms with Crippen LogP contribution in [0.25, 0.3) is 0 Å². The van der Waals surface area contributed by atoms with Gasteiger partial charge in [0.2, 0.25) is 0 Å². The Balaban J connectivity index is 1.95. The van der Waals surface area contributed by atoms with E-state index in [1.54, 1.807) is 11.3 Å². The van der Waals surface area contributed by atoms with E-state index in [0.29, 0.717) is 5.69 Å². The van der Waals surface area contributed by atoms with Gasteiger partial charge in [0.15, 0.2) is 0 Å². The van der Waals surface area contributed by atoms with Crippen molar-refractivity contribution >= 4 is 44.7 Å². The molecule has 2 rings (SSSR count). The number of benzene rings is 1. The molecule has 0 unspecified atom stereocenters. The molecule has 0 aliphatic heterocycles. The van der Waals surface area contributed by atoms with Crippen molar-refractivity contribution in [3.05, 3.63) is 44.6 Å². The summed E-state index contributed by atoms with van der Waals surface area (Å²) in [7, 11) is 0. The van der Waals surface area contributed by atoms with E-state index in [1.165, 1.54) is 9.75 Å². The Bertz CT molecular complexity index is 673. The Morgan fingerprint density at radius 2 is 1.96 bits per heavy atom. The third kappa shape index (κ3) is 5.88. The second-order valence-corrected chi connectivity index (χ2v) is 8.37. The third-order valence-corrected chi connectivity index (χ3v) is 5.02. The molecule has 0 aliphatic carbocycles. The number of halogens is 1. The predicted octanol–water partition coefficient (Wildman–Crippen LogP) is 5.78. The number of aryl methyl sites for hydroxylation is 1. The predicted molar refractivity (Wildman–Crippen MR) is 100 cm³/mol. The fourth-order valence-corrected chi connectivity index (χ4v) is 3.46. The number of carbonyl (C=O) groups excluding carboxylic acids is 1. The monoisotopic (exact) mass is 396 g/mol. The Morgan fingerprint density at radius 1 is 1.26 bits per heavy atom. The lowest BCUT2D eigenvalue weighted by molar-refractivity contribution is 0.0636. The van der Waals surface area contributed by atoms with Gasteiger partial charge in [-0.05, 0) is 67.9 Å². The van der Waals surface area contributed by atoms with Crippen LogP contribution < -0.4 is 10.6 Å². The normalized spacial score (nSPS) is 11.2. The lowest BCUT2D eigenvalue weighted by atomic mass is 10.2. The summed E-state index contributed by atoms with van der Waals surface area (Å²) in [5, 5.41) is 6.11. The largest absolute Gasteiger partial charge is 0.444 e. The Hall–Kier alpha value is -1.53. The second kappa shape index (κ2) is 7.36. The van der Waals surface area contributed by atoms with Crippen LogP contribution in [0, 0.1) is 6.92 Å². The molecular weight excluding hydrogens is 376 g/mol. The number of thiophene rings is 1. The topological polar surface area (TPSA) is 50.4 Å².